The molecule has 1 saturated carbocycles. The Hall–Kier alpha value is 0.270. The second kappa shape index (κ2) is 6.87. The standard InChI is InChI=1S/C13H27NOS/c1-4-7-14-13(9-15,12-5-6-12)10-16-8-11(2)3/h11-12,14-15H,4-10H2,1-3H3. The summed E-state index contributed by atoms with van der Waals surface area (Å²) >= 11 is 1.99. The van der Waals surface area contributed by atoms with Gasteiger partial charge in [0.2, 0.25) is 0 Å². The van der Waals surface area contributed by atoms with Crippen LogP contribution in [-0.2, 0) is 0 Å². The van der Waals surface area contributed by atoms with E-state index in [-0.39, 0.29) is 5.54 Å². The van der Waals surface area contributed by atoms with Crippen LogP contribution in [0.5, 0.6) is 0 Å². The molecule has 0 heterocycles. The first-order chi connectivity index (χ1) is 7.64. The predicted octanol–water partition coefficient (Wildman–Crippen LogP) is 2.52. The molecule has 0 aromatic rings. The third-order valence-corrected chi connectivity index (χ3v) is 4.80. The summed E-state index contributed by atoms with van der Waals surface area (Å²) in [4.78, 5) is 0. The first kappa shape index (κ1) is 14.3. The minimum absolute atomic E-state index is 0.00949. The van der Waals surface area contributed by atoms with E-state index in [4.69, 9.17) is 0 Å². The monoisotopic (exact) mass is 245 g/mol. The molecule has 96 valence electrons. The molecule has 0 amide bonds. The van der Waals surface area contributed by atoms with E-state index in [9.17, 15) is 5.11 Å². The molecule has 1 unspecified atom stereocenters. The molecule has 3 heteroatoms. The molecule has 2 N–H and O–H groups in total. The zero-order valence-corrected chi connectivity index (χ0v) is 11.8. The van der Waals surface area contributed by atoms with Crippen LogP contribution < -0.4 is 5.32 Å². The highest BCUT2D eigenvalue weighted by Gasteiger charge is 2.44. The topological polar surface area (TPSA) is 32.3 Å². The summed E-state index contributed by atoms with van der Waals surface area (Å²) < 4.78 is 0. The SMILES string of the molecule is CCCNC(CO)(CSCC(C)C)C1CC1. The Morgan fingerprint density at radius 3 is 2.56 bits per heavy atom. The summed E-state index contributed by atoms with van der Waals surface area (Å²) in [7, 11) is 0. The number of nitrogens with one attached hydrogen (secondary N) is 1. The van der Waals surface area contributed by atoms with E-state index >= 15 is 0 Å². The van der Waals surface area contributed by atoms with Crippen molar-refractivity contribution in [2.75, 3.05) is 24.7 Å². The van der Waals surface area contributed by atoms with Gasteiger partial charge in [0.25, 0.3) is 0 Å². The van der Waals surface area contributed by atoms with Crippen molar-refractivity contribution in [1.82, 2.24) is 5.32 Å². The molecular formula is C13H27NOS. The van der Waals surface area contributed by atoms with E-state index in [1.807, 2.05) is 11.8 Å². The van der Waals surface area contributed by atoms with Gasteiger partial charge in [0.1, 0.15) is 0 Å². The van der Waals surface area contributed by atoms with Crippen molar-refractivity contribution in [2.45, 2.75) is 45.6 Å². The molecule has 1 fully saturated rings. The summed E-state index contributed by atoms with van der Waals surface area (Å²) in [6.07, 6.45) is 3.72. The molecule has 0 radical (unpaired) electrons. The second-order valence-electron chi connectivity index (χ2n) is 5.42. The molecule has 0 aromatic heterocycles. The van der Waals surface area contributed by atoms with Crippen LogP contribution in [0.4, 0.5) is 0 Å². The highest BCUT2D eigenvalue weighted by molar-refractivity contribution is 7.99. The third kappa shape index (κ3) is 4.27. The highest BCUT2D eigenvalue weighted by atomic mass is 32.2. The van der Waals surface area contributed by atoms with E-state index in [1.165, 1.54) is 18.6 Å². The van der Waals surface area contributed by atoms with Crippen molar-refractivity contribution in [3.05, 3.63) is 0 Å². The molecule has 0 saturated heterocycles. The fourth-order valence-corrected chi connectivity index (χ4v) is 3.41. The van der Waals surface area contributed by atoms with E-state index in [0.29, 0.717) is 12.5 Å². The minimum Gasteiger partial charge on any atom is -0.394 e. The summed E-state index contributed by atoms with van der Waals surface area (Å²) in [5, 5.41) is 13.3. The van der Waals surface area contributed by atoms with Gasteiger partial charge in [-0.15, -0.1) is 0 Å². The Morgan fingerprint density at radius 1 is 1.44 bits per heavy atom. The van der Waals surface area contributed by atoms with Crippen LogP contribution in [0.1, 0.15) is 40.0 Å². The Bertz CT molecular complexity index is 194. The maximum absolute atomic E-state index is 9.70. The van der Waals surface area contributed by atoms with Crippen LogP contribution in [0, 0.1) is 11.8 Å². The zero-order chi connectivity index (χ0) is 12.0. The van der Waals surface area contributed by atoms with Gasteiger partial charge in [-0.1, -0.05) is 20.8 Å². The number of thioether (sulfide) groups is 1. The second-order valence-corrected chi connectivity index (χ2v) is 6.45. The fraction of sp³-hybridized carbons (Fsp3) is 1.00. The molecule has 0 aliphatic heterocycles. The molecule has 1 aliphatic rings. The van der Waals surface area contributed by atoms with E-state index < -0.39 is 0 Å². The van der Waals surface area contributed by atoms with Gasteiger partial charge in [-0.25, -0.2) is 0 Å². The molecule has 0 aromatic carbocycles. The van der Waals surface area contributed by atoms with Crippen molar-refractivity contribution in [3.8, 4) is 0 Å². The Labute approximate surface area is 105 Å². The minimum atomic E-state index is 0.00949. The van der Waals surface area contributed by atoms with Crippen LogP contribution in [0.25, 0.3) is 0 Å². The number of aliphatic hydroxyl groups is 1. The van der Waals surface area contributed by atoms with Gasteiger partial charge in [-0.3, -0.25) is 0 Å². The lowest BCUT2D eigenvalue weighted by atomic mass is 9.96. The van der Waals surface area contributed by atoms with Crippen molar-refractivity contribution >= 4 is 11.8 Å². The van der Waals surface area contributed by atoms with Gasteiger partial charge >= 0.3 is 0 Å². The van der Waals surface area contributed by atoms with Gasteiger partial charge in [0.15, 0.2) is 0 Å². The molecule has 1 aliphatic carbocycles. The maximum Gasteiger partial charge on any atom is 0.0624 e. The lowest BCUT2D eigenvalue weighted by molar-refractivity contribution is 0.159. The molecule has 1 rings (SSSR count). The van der Waals surface area contributed by atoms with Gasteiger partial charge in [0, 0.05) is 5.75 Å². The first-order valence-electron chi connectivity index (χ1n) is 6.58. The van der Waals surface area contributed by atoms with Crippen molar-refractivity contribution < 1.29 is 5.11 Å². The number of hydrogen-bond acceptors (Lipinski definition) is 3. The van der Waals surface area contributed by atoms with E-state index in [1.54, 1.807) is 0 Å². The smallest absolute Gasteiger partial charge is 0.0624 e. The maximum atomic E-state index is 9.70. The lowest BCUT2D eigenvalue weighted by Gasteiger charge is -2.33. The molecule has 1 atom stereocenters. The highest BCUT2D eigenvalue weighted by Crippen LogP contribution is 2.41. The fourth-order valence-electron chi connectivity index (χ4n) is 2.03. The quantitative estimate of drug-likeness (QED) is 0.655. The van der Waals surface area contributed by atoms with Gasteiger partial charge in [-0.2, -0.15) is 11.8 Å². The van der Waals surface area contributed by atoms with E-state index in [2.05, 4.69) is 26.1 Å². The number of hydrogen-bond donors (Lipinski definition) is 2. The van der Waals surface area contributed by atoms with Crippen LogP contribution in [0.2, 0.25) is 0 Å². The average molecular weight is 245 g/mol. The Kier molecular flexibility index (Phi) is 6.16. The summed E-state index contributed by atoms with van der Waals surface area (Å²) in [6, 6.07) is 0. The predicted molar refractivity (Wildman–Crippen MR) is 73.0 cm³/mol. The third-order valence-electron chi connectivity index (χ3n) is 3.18. The lowest BCUT2D eigenvalue weighted by Crippen LogP contribution is -2.53. The Morgan fingerprint density at radius 2 is 2.12 bits per heavy atom. The van der Waals surface area contributed by atoms with Gasteiger partial charge in [0.05, 0.1) is 12.1 Å². The summed E-state index contributed by atoms with van der Waals surface area (Å²) in [5.74, 6) is 3.71. The molecule has 0 bridgehead atoms. The van der Waals surface area contributed by atoms with E-state index in [0.717, 1.165) is 24.6 Å². The normalized spacial score (nSPS) is 20.1. The number of rotatable bonds is 9. The van der Waals surface area contributed by atoms with Crippen LogP contribution >= 0.6 is 11.8 Å². The average Bonchev–Trinajstić information content (AvgIpc) is 3.07. The molecule has 2 nitrogen and oxygen atoms in total. The Balaban J connectivity index is 2.41. The van der Waals surface area contributed by atoms with Crippen molar-refractivity contribution in [2.24, 2.45) is 11.8 Å². The van der Waals surface area contributed by atoms with Crippen molar-refractivity contribution in [1.29, 1.82) is 0 Å². The molecule has 16 heavy (non-hydrogen) atoms. The molecular weight excluding hydrogens is 218 g/mol. The zero-order valence-electron chi connectivity index (χ0n) is 11.0. The molecule has 0 spiro atoms. The largest absolute Gasteiger partial charge is 0.394 e. The van der Waals surface area contributed by atoms with Crippen LogP contribution in [0.3, 0.4) is 0 Å². The van der Waals surface area contributed by atoms with Crippen LogP contribution in [-0.4, -0.2) is 35.3 Å². The summed E-state index contributed by atoms with van der Waals surface area (Å²) in [6.45, 7) is 8.01. The van der Waals surface area contributed by atoms with Gasteiger partial charge in [-0.05, 0) is 43.4 Å². The first-order valence-corrected chi connectivity index (χ1v) is 7.73. The van der Waals surface area contributed by atoms with Crippen LogP contribution in [0.15, 0.2) is 0 Å². The number of aliphatic hydroxyl groups excluding tert-OH is 1. The van der Waals surface area contributed by atoms with Crippen molar-refractivity contribution in [3.63, 3.8) is 0 Å². The van der Waals surface area contributed by atoms with Gasteiger partial charge < -0.3 is 10.4 Å². The summed E-state index contributed by atoms with van der Waals surface area (Å²) in [5.41, 5.74) is 0.00949.